The topological polar surface area (TPSA) is 106 Å². The first-order valence-corrected chi connectivity index (χ1v) is 9.42. The molecule has 2 amide bonds. The van der Waals surface area contributed by atoms with E-state index in [4.69, 9.17) is 5.73 Å². The van der Waals surface area contributed by atoms with Crippen molar-refractivity contribution in [1.29, 1.82) is 0 Å². The predicted octanol–water partition coefficient (Wildman–Crippen LogP) is 0.504. The number of amides is 2. The van der Waals surface area contributed by atoms with Crippen molar-refractivity contribution >= 4 is 21.7 Å². The van der Waals surface area contributed by atoms with Gasteiger partial charge in [0.2, 0.25) is 11.8 Å². The summed E-state index contributed by atoms with van der Waals surface area (Å²) in [5, 5.41) is 2.50. The lowest BCUT2D eigenvalue weighted by Gasteiger charge is -2.18. The van der Waals surface area contributed by atoms with Gasteiger partial charge in [0.05, 0.1) is 16.9 Å². The largest absolute Gasteiger partial charge is 0.369 e. The Kier molecular flexibility index (Phi) is 5.24. The number of hydrogen-bond donors (Lipinski definition) is 2. The molecule has 0 heterocycles. The number of nitrogens with two attached hydrogens (primary N) is 1. The Labute approximate surface area is 125 Å². The quantitative estimate of drug-likeness (QED) is 0.744. The van der Waals surface area contributed by atoms with E-state index in [0.29, 0.717) is 6.42 Å². The van der Waals surface area contributed by atoms with Crippen LogP contribution in [0.4, 0.5) is 0 Å². The minimum absolute atomic E-state index is 0.0270. The van der Waals surface area contributed by atoms with Gasteiger partial charge in [-0.3, -0.25) is 9.59 Å². The maximum Gasteiger partial charge on any atom is 0.222 e. The van der Waals surface area contributed by atoms with Gasteiger partial charge in [-0.2, -0.15) is 0 Å². The second-order valence-corrected chi connectivity index (χ2v) is 8.54. The lowest BCUT2D eigenvalue weighted by atomic mass is 10.0. The molecule has 7 heteroatoms. The molecular weight excluding hydrogens is 292 g/mol. The first kappa shape index (κ1) is 16.3. The van der Waals surface area contributed by atoms with E-state index in [2.05, 4.69) is 5.32 Å². The molecule has 0 spiro atoms. The molecular formula is C14H24N2O4S. The smallest absolute Gasteiger partial charge is 0.222 e. The van der Waals surface area contributed by atoms with E-state index >= 15 is 0 Å². The highest BCUT2D eigenvalue weighted by molar-refractivity contribution is 7.92. The molecule has 120 valence electrons. The maximum atomic E-state index is 12.1. The van der Waals surface area contributed by atoms with E-state index in [1.54, 1.807) is 0 Å². The van der Waals surface area contributed by atoms with Crippen LogP contribution in [0.5, 0.6) is 0 Å². The van der Waals surface area contributed by atoms with Crippen molar-refractivity contribution in [3.05, 3.63) is 0 Å². The average Bonchev–Trinajstić information content (AvgIpc) is 3.07. The molecule has 2 rings (SSSR count). The molecule has 2 fully saturated rings. The zero-order chi connectivity index (χ0) is 15.5. The Morgan fingerprint density at radius 1 is 1.05 bits per heavy atom. The van der Waals surface area contributed by atoms with Crippen LogP contribution in [-0.2, 0) is 19.4 Å². The highest BCUT2D eigenvalue weighted by atomic mass is 32.2. The van der Waals surface area contributed by atoms with Gasteiger partial charge in [0, 0.05) is 12.5 Å². The standard InChI is InChI=1S/C14H24N2O4S/c15-14(18)11-6-3-7-12(11)16-13(17)8-9-21(19,20)10-4-1-2-5-10/h10-12H,1-9H2,(H2,15,18)(H,16,17)/t11-,12+/m1/s1. The van der Waals surface area contributed by atoms with Crippen LogP contribution in [0.3, 0.4) is 0 Å². The fourth-order valence-electron chi connectivity index (χ4n) is 3.40. The van der Waals surface area contributed by atoms with Crippen molar-refractivity contribution < 1.29 is 18.0 Å². The van der Waals surface area contributed by atoms with Gasteiger partial charge in [-0.25, -0.2) is 8.42 Å². The monoisotopic (exact) mass is 316 g/mol. The van der Waals surface area contributed by atoms with Crippen LogP contribution in [0, 0.1) is 5.92 Å². The number of sulfone groups is 1. The van der Waals surface area contributed by atoms with E-state index in [1.807, 2.05) is 0 Å². The molecule has 2 aliphatic carbocycles. The second kappa shape index (κ2) is 6.77. The molecule has 2 aliphatic rings. The molecule has 0 aromatic rings. The van der Waals surface area contributed by atoms with Crippen LogP contribution in [-0.4, -0.2) is 37.3 Å². The fraction of sp³-hybridized carbons (Fsp3) is 0.857. The third kappa shape index (κ3) is 4.18. The summed E-state index contributed by atoms with van der Waals surface area (Å²) in [4.78, 5) is 23.2. The van der Waals surface area contributed by atoms with E-state index in [0.717, 1.165) is 38.5 Å². The number of hydrogen-bond acceptors (Lipinski definition) is 4. The van der Waals surface area contributed by atoms with Gasteiger partial charge in [-0.05, 0) is 25.7 Å². The molecule has 2 saturated carbocycles. The van der Waals surface area contributed by atoms with Gasteiger partial charge >= 0.3 is 0 Å². The molecule has 0 aromatic carbocycles. The highest BCUT2D eigenvalue weighted by Gasteiger charge is 2.33. The summed E-state index contributed by atoms with van der Waals surface area (Å²) in [5.74, 6) is -1.11. The van der Waals surface area contributed by atoms with Crippen LogP contribution in [0.2, 0.25) is 0 Å². The predicted molar refractivity (Wildman–Crippen MR) is 79.1 cm³/mol. The zero-order valence-corrected chi connectivity index (χ0v) is 13.0. The molecule has 0 radical (unpaired) electrons. The molecule has 0 aromatic heterocycles. The van der Waals surface area contributed by atoms with E-state index in [1.165, 1.54) is 0 Å². The van der Waals surface area contributed by atoms with E-state index < -0.39 is 15.7 Å². The number of carbonyl (C=O) groups is 2. The molecule has 6 nitrogen and oxygen atoms in total. The molecule has 0 aliphatic heterocycles. The van der Waals surface area contributed by atoms with Crippen molar-refractivity contribution in [2.24, 2.45) is 11.7 Å². The van der Waals surface area contributed by atoms with Crippen molar-refractivity contribution in [2.45, 2.75) is 62.7 Å². The summed E-state index contributed by atoms with van der Waals surface area (Å²) in [5.41, 5.74) is 5.30. The fourth-order valence-corrected chi connectivity index (χ4v) is 5.26. The average molecular weight is 316 g/mol. The van der Waals surface area contributed by atoms with Crippen LogP contribution >= 0.6 is 0 Å². The summed E-state index contributed by atoms with van der Waals surface area (Å²) in [7, 11) is -3.17. The maximum absolute atomic E-state index is 12.1. The molecule has 0 unspecified atom stereocenters. The Bertz CT molecular complexity index is 497. The number of primary amides is 1. The third-order valence-electron chi connectivity index (χ3n) is 4.65. The van der Waals surface area contributed by atoms with Crippen molar-refractivity contribution in [3.63, 3.8) is 0 Å². The van der Waals surface area contributed by atoms with Crippen molar-refractivity contribution in [2.75, 3.05) is 5.75 Å². The highest BCUT2D eigenvalue weighted by Crippen LogP contribution is 2.26. The first-order chi connectivity index (χ1) is 9.90. The van der Waals surface area contributed by atoms with Crippen LogP contribution in [0.1, 0.15) is 51.4 Å². The molecule has 2 atom stereocenters. The summed E-state index contributed by atoms with van der Waals surface area (Å²) >= 11 is 0. The van der Waals surface area contributed by atoms with E-state index in [-0.39, 0.29) is 35.3 Å². The normalized spacial score (nSPS) is 26.9. The lowest BCUT2D eigenvalue weighted by molar-refractivity contribution is -0.124. The minimum atomic E-state index is -3.17. The van der Waals surface area contributed by atoms with Crippen molar-refractivity contribution in [1.82, 2.24) is 5.32 Å². The minimum Gasteiger partial charge on any atom is -0.369 e. The van der Waals surface area contributed by atoms with Gasteiger partial charge in [0.15, 0.2) is 9.84 Å². The van der Waals surface area contributed by atoms with Crippen molar-refractivity contribution in [3.8, 4) is 0 Å². The Balaban J connectivity index is 1.80. The van der Waals surface area contributed by atoms with Gasteiger partial charge in [0.1, 0.15) is 0 Å². The zero-order valence-electron chi connectivity index (χ0n) is 12.2. The SMILES string of the molecule is NC(=O)[C@@H]1CCC[C@@H]1NC(=O)CCS(=O)(=O)C1CCCC1. The number of carbonyl (C=O) groups excluding carboxylic acids is 2. The van der Waals surface area contributed by atoms with Gasteiger partial charge in [0.25, 0.3) is 0 Å². The first-order valence-electron chi connectivity index (χ1n) is 7.70. The van der Waals surface area contributed by atoms with Crippen LogP contribution < -0.4 is 11.1 Å². The summed E-state index contributed by atoms with van der Waals surface area (Å²) in [6.45, 7) is 0. The molecule has 0 saturated heterocycles. The Morgan fingerprint density at radius 3 is 2.33 bits per heavy atom. The van der Waals surface area contributed by atoms with Crippen LogP contribution in [0.15, 0.2) is 0 Å². The Morgan fingerprint density at radius 2 is 1.71 bits per heavy atom. The van der Waals surface area contributed by atoms with Gasteiger partial charge in [-0.1, -0.05) is 19.3 Å². The van der Waals surface area contributed by atoms with Gasteiger partial charge in [-0.15, -0.1) is 0 Å². The Hall–Kier alpha value is -1.11. The number of nitrogens with one attached hydrogen (secondary N) is 1. The molecule has 0 bridgehead atoms. The van der Waals surface area contributed by atoms with Crippen LogP contribution in [0.25, 0.3) is 0 Å². The molecule has 21 heavy (non-hydrogen) atoms. The number of rotatable bonds is 6. The second-order valence-electron chi connectivity index (χ2n) is 6.14. The summed E-state index contributed by atoms with van der Waals surface area (Å²) in [6.07, 6.45) is 5.61. The lowest BCUT2D eigenvalue weighted by Crippen LogP contribution is -2.42. The summed E-state index contributed by atoms with van der Waals surface area (Å²) in [6, 6.07) is -0.232. The summed E-state index contributed by atoms with van der Waals surface area (Å²) < 4.78 is 24.2. The molecule has 3 N–H and O–H groups in total. The third-order valence-corrected chi connectivity index (χ3v) is 6.91. The van der Waals surface area contributed by atoms with Gasteiger partial charge < -0.3 is 11.1 Å². The van der Waals surface area contributed by atoms with E-state index in [9.17, 15) is 18.0 Å².